The van der Waals surface area contributed by atoms with E-state index in [1.165, 1.54) is 17.5 Å². The zero-order chi connectivity index (χ0) is 12.5. The van der Waals surface area contributed by atoms with E-state index in [4.69, 9.17) is 5.73 Å². The van der Waals surface area contributed by atoms with Crippen LogP contribution in [-0.4, -0.2) is 24.1 Å². The monoisotopic (exact) mass is 241 g/mol. The highest BCUT2D eigenvalue weighted by Gasteiger charge is 2.19. The van der Waals surface area contributed by atoms with Crippen molar-refractivity contribution >= 4 is 16.6 Å². The number of pyridine rings is 1. The first-order chi connectivity index (χ1) is 8.74. The molecule has 0 bridgehead atoms. The Morgan fingerprint density at radius 2 is 2.17 bits per heavy atom. The molecule has 0 aliphatic carbocycles. The molecule has 1 aliphatic heterocycles. The molecule has 2 N–H and O–H groups in total. The van der Waals surface area contributed by atoms with E-state index >= 15 is 0 Å². The van der Waals surface area contributed by atoms with Gasteiger partial charge in [-0.3, -0.25) is 4.98 Å². The molecule has 0 unspecified atom stereocenters. The maximum absolute atomic E-state index is 6.09. The van der Waals surface area contributed by atoms with Crippen LogP contribution < -0.4 is 10.6 Å². The van der Waals surface area contributed by atoms with E-state index in [-0.39, 0.29) is 0 Å². The third-order valence-electron chi connectivity index (χ3n) is 3.62. The van der Waals surface area contributed by atoms with Crippen LogP contribution in [0.1, 0.15) is 18.5 Å². The average Bonchev–Trinajstić information content (AvgIpc) is 2.37. The summed E-state index contributed by atoms with van der Waals surface area (Å²) in [6.45, 7) is 4.11. The van der Waals surface area contributed by atoms with Gasteiger partial charge >= 0.3 is 0 Å². The topological polar surface area (TPSA) is 42.1 Å². The maximum atomic E-state index is 6.09. The summed E-state index contributed by atoms with van der Waals surface area (Å²) in [5, 5.41) is 1.23. The van der Waals surface area contributed by atoms with Crippen LogP contribution in [0.4, 0.5) is 5.69 Å². The number of nitrogens with zero attached hydrogens (tertiary/aromatic N) is 2. The van der Waals surface area contributed by atoms with E-state index in [0.717, 1.165) is 30.7 Å². The first-order valence-corrected chi connectivity index (χ1v) is 6.61. The zero-order valence-electron chi connectivity index (χ0n) is 10.8. The van der Waals surface area contributed by atoms with E-state index in [2.05, 4.69) is 41.1 Å². The second-order valence-corrected chi connectivity index (χ2v) is 5.15. The SMILES string of the molecule is Cc1cc(N2CCC[C@H](N)C2)c2ccccc2n1. The number of nitrogens with two attached hydrogens (primary N) is 1. The minimum absolute atomic E-state index is 0.297. The van der Waals surface area contributed by atoms with Crippen molar-refractivity contribution in [2.75, 3.05) is 18.0 Å². The van der Waals surface area contributed by atoms with Crippen LogP contribution in [0.2, 0.25) is 0 Å². The summed E-state index contributed by atoms with van der Waals surface area (Å²) < 4.78 is 0. The summed E-state index contributed by atoms with van der Waals surface area (Å²) in [6, 6.07) is 10.8. The van der Waals surface area contributed by atoms with Gasteiger partial charge in [0.1, 0.15) is 0 Å². The standard InChI is InChI=1S/C15H19N3/c1-11-9-15(18-8-4-5-12(16)10-18)13-6-2-3-7-14(13)17-11/h2-3,6-7,9,12H,4-5,8,10,16H2,1H3/t12-/m0/s1. The predicted octanol–water partition coefficient (Wildman–Crippen LogP) is 2.47. The Morgan fingerprint density at radius 1 is 1.33 bits per heavy atom. The molecule has 1 aromatic heterocycles. The number of aryl methyl sites for hydroxylation is 1. The summed E-state index contributed by atoms with van der Waals surface area (Å²) in [7, 11) is 0. The minimum Gasteiger partial charge on any atom is -0.369 e. The van der Waals surface area contributed by atoms with Crippen LogP contribution in [0.25, 0.3) is 10.9 Å². The van der Waals surface area contributed by atoms with E-state index in [1.54, 1.807) is 0 Å². The molecule has 1 aliphatic rings. The van der Waals surface area contributed by atoms with Gasteiger partial charge in [-0.05, 0) is 31.9 Å². The molecule has 3 heteroatoms. The van der Waals surface area contributed by atoms with Gasteiger partial charge in [-0.25, -0.2) is 0 Å². The van der Waals surface area contributed by atoms with Crippen molar-refractivity contribution in [3.05, 3.63) is 36.0 Å². The van der Waals surface area contributed by atoms with E-state index in [0.29, 0.717) is 6.04 Å². The Balaban J connectivity index is 2.09. The summed E-state index contributed by atoms with van der Waals surface area (Å²) in [4.78, 5) is 7.00. The number of fused-ring (bicyclic) bond motifs is 1. The van der Waals surface area contributed by atoms with Gasteiger partial charge in [0.25, 0.3) is 0 Å². The Bertz CT molecular complexity index is 565. The lowest BCUT2D eigenvalue weighted by atomic mass is 10.0. The lowest BCUT2D eigenvalue weighted by molar-refractivity contribution is 0.507. The lowest BCUT2D eigenvalue weighted by Gasteiger charge is -2.33. The number of rotatable bonds is 1. The second-order valence-electron chi connectivity index (χ2n) is 5.15. The van der Waals surface area contributed by atoms with Crippen molar-refractivity contribution in [1.29, 1.82) is 0 Å². The number of para-hydroxylation sites is 1. The van der Waals surface area contributed by atoms with Crippen molar-refractivity contribution in [2.45, 2.75) is 25.8 Å². The highest BCUT2D eigenvalue weighted by atomic mass is 15.2. The van der Waals surface area contributed by atoms with Gasteiger partial charge in [0.15, 0.2) is 0 Å². The number of hydrogen-bond acceptors (Lipinski definition) is 3. The molecular formula is C15H19N3. The molecule has 1 fully saturated rings. The molecule has 18 heavy (non-hydrogen) atoms. The van der Waals surface area contributed by atoms with Crippen molar-refractivity contribution in [2.24, 2.45) is 5.73 Å². The lowest BCUT2D eigenvalue weighted by Crippen LogP contribution is -2.42. The molecule has 94 valence electrons. The van der Waals surface area contributed by atoms with Crippen LogP contribution in [-0.2, 0) is 0 Å². The fourth-order valence-corrected chi connectivity index (χ4v) is 2.78. The van der Waals surface area contributed by atoms with Crippen molar-refractivity contribution in [3.63, 3.8) is 0 Å². The molecule has 3 rings (SSSR count). The third kappa shape index (κ3) is 2.06. The largest absolute Gasteiger partial charge is 0.369 e. The first-order valence-electron chi connectivity index (χ1n) is 6.61. The summed E-state index contributed by atoms with van der Waals surface area (Å²) in [5.74, 6) is 0. The Hall–Kier alpha value is -1.61. The highest BCUT2D eigenvalue weighted by Crippen LogP contribution is 2.28. The first kappa shape index (κ1) is 11.5. The Morgan fingerprint density at radius 3 is 3.00 bits per heavy atom. The van der Waals surface area contributed by atoms with Gasteiger partial charge in [-0.15, -0.1) is 0 Å². The van der Waals surface area contributed by atoms with Gasteiger partial charge in [-0.1, -0.05) is 18.2 Å². The van der Waals surface area contributed by atoms with Gasteiger partial charge in [0.2, 0.25) is 0 Å². The van der Waals surface area contributed by atoms with Crippen LogP contribution in [0.15, 0.2) is 30.3 Å². The molecule has 0 spiro atoms. The molecule has 0 radical (unpaired) electrons. The van der Waals surface area contributed by atoms with Crippen LogP contribution in [0.3, 0.4) is 0 Å². The predicted molar refractivity (Wildman–Crippen MR) is 75.9 cm³/mol. The minimum atomic E-state index is 0.297. The molecule has 1 saturated heterocycles. The second kappa shape index (κ2) is 4.58. The molecule has 0 amide bonds. The number of piperidine rings is 1. The van der Waals surface area contributed by atoms with Gasteiger partial charge in [0, 0.05) is 35.9 Å². The van der Waals surface area contributed by atoms with E-state index in [1.807, 2.05) is 6.07 Å². The summed E-state index contributed by atoms with van der Waals surface area (Å²) in [5.41, 5.74) is 9.52. The van der Waals surface area contributed by atoms with Crippen molar-refractivity contribution in [3.8, 4) is 0 Å². The number of anilines is 1. The molecule has 2 heterocycles. The highest BCUT2D eigenvalue weighted by molar-refractivity contribution is 5.92. The maximum Gasteiger partial charge on any atom is 0.0726 e. The normalized spacial score (nSPS) is 20.3. The summed E-state index contributed by atoms with van der Waals surface area (Å²) in [6.07, 6.45) is 2.31. The Labute approximate surface area is 108 Å². The van der Waals surface area contributed by atoms with Crippen LogP contribution in [0, 0.1) is 6.92 Å². The van der Waals surface area contributed by atoms with E-state index in [9.17, 15) is 0 Å². The molecule has 1 atom stereocenters. The molecule has 2 aromatic rings. The molecule has 0 saturated carbocycles. The van der Waals surface area contributed by atoms with Crippen LogP contribution >= 0.6 is 0 Å². The molecule has 3 nitrogen and oxygen atoms in total. The van der Waals surface area contributed by atoms with Crippen molar-refractivity contribution < 1.29 is 0 Å². The zero-order valence-corrected chi connectivity index (χ0v) is 10.8. The van der Waals surface area contributed by atoms with Crippen molar-refractivity contribution in [1.82, 2.24) is 4.98 Å². The fraction of sp³-hybridized carbons (Fsp3) is 0.400. The summed E-state index contributed by atoms with van der Waals surface area (Å²) >= 11 is 0. The third-order valence-corrected chi connectivity index (χ3v) is 3.62. The number of hydrogen-bond donors (Lipinski definition) is 1. The molecular weight excluding hydrogens is 222 g/mol. The molecule has 1 aromatic carbocycles. The Kier molecular flexibility index (Phi) is 2.92. The van der Waals surface area contributed by atoms with Gasteiger partial charge in [0.05, 0.1) is 5.52 Å². The van der Waals surface area contributed by atoms with E-state index < -0.39 is 0 Å². The smallest absolute Gasteiger partial charge is 0.0726 e. The average molecular weight is 241 g/mol. The quantitative estimate of drug-likeness (QED) is 0.834. The fourth-order valence-electron chi connectivity index (χ4n) is 2.78. The van der Waals surface area contributed by atoms with Crippen LogP contribution in [0.5, 0.6) is 0 Å². The number of benzene rings is 1. The van der Waals surface area contributed by atoms with Gasteiger partial charge < -0.3 is 10.6 Å². The van der Waals surface area contributed by atoms with Gasteiger partial charge in [-0.2, -0.15) is 0 Å². The number of aromatic nitrogens is 1.